The normalized spacial score (nSPS) is 20.2. The third-order valence-corrected chi connectivity index (χ3v) is 2.73. The van der Waals surface area contributed by atoms with Crippen LogP contribution in [-0.4, -0.2) is 40.0 Å². The van der Waals surface area contributed by atoms with Crippen molar-refractivity contribution in [3.05, 3.63) is 12.3 Å². The van der Waals surface area contributed by atoms with Gasteiger partial charge in [-0.2, -0.15) is 5.10 Å². The maximum atomic E-state index is 11.8. The van der Waals surface area contributed by atoms with Crippen LogP contribution in [0.2, 0.25) is 0 Å². The molecule has 0 bridgehead atoms. The van der Waals surface area contributed by atoms with Crippen molar-refractivity contribution in [1.82, 2.24) is 15.1 Å². The number of amides is 2. The Morgan fingerprint density at radius 1 is 1.75 bits per heavy atom. The number of nitrogens with zero attached hydrogens (tertiary/aromatic N) is 2. The van der Waals surface area contributed by atoms with Gasteiger partial charge in [0.05, 0.1) is 12.1 Å². The lowest BCUT2D eigenvalue weighted by Crippen LogP contribution is -2.28. The molecule has 0 radical (unpaired) electrons. The van der Waals surface area contributed by atoms with E-state index in [1.807, 2.05) is 6.92 Å². The van der Waals surface area contributed by atoms with Gasteiger partial charge in [-0.25, -0.2) is 0 Å². The van der Waals surface area contributed by atoms with E-state index in [4.69, 9.17) is 0 Å². The van der Waals surface area contributed by atoms with Crippen LogP contribution in [-0.2, 0) is 9.59 Å². The van der Waals surface area contributed by atoms with Crippen LogP contribution in [0.4, 0.5) is 5.82 Å². The summed E-state index contributed by atoms with van der Waals surface area (Å²) in [6.07, 6.45) is 1.86. The molecule has 2 heterocycles. The van der Waals surface area contributed by atoms with Gasteiger partial charge in [-0.1, -0.05) is 0 Å². The van der Waals surface area contributed by atoms with Crippen LogP contribution < -0.4 is 5.32 Å². The Morgan fingerprint density at radius 3 is 3.12 bits per heavy atom. The zero-order valence-electron chi connectivity index (χ0n) is 9.06. The largest absolute Gasteiger partial charge is 0.342 e. The Morgan fingerprint density at radius 2 is 2.56 bits per heavy atom. The molecule has 0 aliphatic carbocycles. The number of nitrogens with one attached hydrogen (secondary N) is 2. The molecule has 1 fully saturated rings. The summed E-state index contributed by atoms with van der Waals surface area (Å²) in [5.41, 5.74) is 0. The van der Waals surface area contributed by atoms with Crippen molar-refractivity contribution in [3.63, 3.8) is 0 Å². The molecular formula is C10H14N4O2. The summed E-state index contributed by atoms with van der Waals surface area (Å²) >= 11 is 0. The number of hydrogen-bond donors (Lipinski definition) is 2. The van der Waals surface area contributed by atoms with Crippen LogP contribution in [0.25, 0.3) is 0 Å². The third kappa shape index (κ3) is 2.05. The van der Waals surface area contributed by atoms with E-state index in [1.54, 1.807) is 17.2 Å². The Hall–Kier alpha value is -1.85. The van der Waals surface area contributed by atoms with E-state index >= 15 is 0 Å². The topological polar surface area (TPSA) is 78.1 Å². The van der Waals surface area contributed by atoms with Crippen molar-refractivity contribution >= 4 is 17.6 Å². The monoisotopic (exact) mass is 222 g/mol. The van der Waals surface area contributed by atoms with Gasteiger partial charge in [-0.15, -0.1) is 0 Å². The first-order valence-corrected chi connectivity index (χ1v) is 5.28. The van der Waals surface area contributed by atoms with E-state index < -0.39 is 0 Å². The van der Waals surface area contributed by atoms with Gasteiger partial charge in [-0.05, 0) is 6.92 Å². The predicted molar refractivity (Wildman–Crippen MR) is 57.6 cm³/mol. The van der Waals surface area contributed by atoms with E-state index in [1.165, 1.54) is 0 Å². The molecular weight excluding hydrogens is 208 g/mol. The molecule has 1 aliphatic heterocycles. The van der Waals surface area contributed by atoms with Crippen molar-refractivity contribution in [1.29, 1.82) is 0 Å². The average molecular weight is 222 g/mol. The van der Waals surface area contributed by atoms with Crippen molar-refractivity contribution in [2.45, 2.75) is 13.3 Å². The highest BCUT2D eigenvalue weighted by atomic mass is 16.2. The minimum absolute atomic E-state index is 0.0484. The maximum absolute atomic E-state index is 11.8. The van der Waals surface area contributed by atoms with Crippen LogP contribution in [0.15, 0.2) is 12.3 Å². The molecule has 1 aromatic heterocycles. The number of likely N-dealkylation sites (tertiary alicyclic amines) is 1. The third-order valence-electron chi connectivity index (χ3n) is 2.73. The zero-order chi connectivity index (χ0) is 11.5. The van der Waals surface area contributed by atoms with Crippen molar-refractivity contribution < 1.29 is 9.59 Å². The van der Waals surface area contributed by atoms with Crippen molar-refractivity contribution in [3.8, 4) is 0 Å². The minimum atomic E-state index is -0.254. The Bertz CT molecular complexity index is 388. The van der Waals surface area contributed by atoms with Crippen molar-refractivity contribution in [2.75, 3.05) is 18.4 Å². The summed E-state index contributed by atoms with van der Waals surface area (Å²) in [6, 6.07) is 1.67. The molecule has 2 N–H and O–H groups in total. The molecule has 1 saturated heterocycles. The molecule has 2 rings (SSSR count). The molecule has 1 aliphatic rings. The number of hydrogen-bond acceptors (Lipinski definition) is 3. The van der Waals surface area contributed by atoms with Crippen LogP contribution in [0.5, 0.6) is 0 Å². The summed E-state index contributed by atoms with van der Waals surface area (Å²) in [7, 11) is 0. The number of H-pyrrole nitrogens is 1. The molecule has 1 atom stereocenters. The Labute approximate surface area is 93.0 Å². The number of aromatic amines is 1. The highest BCUT2D eigenvalue weighted by Gasteiger charge is 2.33. The SMILES string of the molecule is CCN1CC(C(=O)Nc2ccn[nH]2)CC1=O. The van der Waals surface area contributed by atoms with Gasteiger partial charge in [-0.3, -0.25) is 14.7 Å². The van der Waals surface area contributed by atoms with E-state index in [2.05, 4.69) is 15.5 Å². The molecule has 6 heteroatoms. The fourth-order valence-electron chi connectivity index (χ4n) is 1.81. The maximum Gasteiger partial charge on any atom is 0.230 e. The summed E-state index contributed by atoms with van der Waals surface area (Å²) in [4.78, 5) is 24.9. The fraction of sp³-hybridized carbons (Fsp3) is 0.500. The molecule has 1 unspecified atom stereocenters. The molecule has 2 amide bonds. The minimum Gasteiger partial charge on any atom is -0.342 e. The highest BCUT2D eigenvalue weighted by molar-refractivity contribution is 5.96. The summed E-state index contributed by atoms with van der Waals surface area (Å²) in [5.74, 6) is 0.226. The number of rotatable bonds is 3. The summed E-state index contributed by atoms with van der Waals surface area (Å²) in [5, 5.41) is 9.07. The number of aromatic nitrogens is 2. The van der Waals surface area contributed by atoms with Gasteiger partial charge in [0.15, 0.2) is 0 Å². The van der Waals surface area contributed by atoms with Gasteiger partial charge < -0.3 is 10.2 Å². The lowest BCUT2D eigenvalue weighted by atomic mass is 10.1. The molecule has 0 saturated carbocycles. The van der Waals surface area contributed by atoms with Crippen LogP contribution in [0, 0.1) is 5.92 Å². The van der Waals surface area contributed by atoms with E-state index in [-0.39, 0.29) is 17.7 Å². The number of anilines is 1. The second kappa shape index (κ2) is 4.34. The molecule has 0 aromatic carbocycles. The lowest BCUT2D eigenvalue weighted by Gasteiger charge is -2.13. The molecule has 0 spiro atoms. The smallest absolute Gasteiger partial charge is 0.230 e. The molecule has 1 aromatic rings. The fourth-order valence-corrected chi connectivity index (χ4v) is 1.81. The average Bonchev–Trinajstić information content (AvgIpc) is 2.87. The summed E-state index contributed by atoms with van der Waals surface area (Å²) < 4.78 is 0. The van der Waals surface area contributed by atoms with Crippen LogP contribution >= 0.6 is 0 Å². The molecule has 6 nitrogen and oxygen atoms in total. The zero-order valence-corrected chi connectivity index (χ0v) is 9.06. The van der Waals surface area contributed by atoms with E-state index in [0.717, 1.165) is 0 Å². The first-order valence-electron chi connectivity index (χ1n) is 5.28. The van der Waals surface area contributed by atoms with E-state index in [9.17, 15) is 9.59 Å². The standard InChI is InChI=1S/C10H14N4O2/c1-2-14-6-7(5-9(14)15)10(16)12-8-3-4-11-13-8/h3-4,7H,2,5-6H2,1H3,(H2,11,12,13,16). The first kappa shape index (κ1) is 10.7. The Balaban J connectivity index is 1.94. The van der Waals surface area contributed by atoms with E-state index in [0.29, 0.717) is 25.3 Å². The van der Waals surface area contributed by atoms with Gasteiger partial charge in [0.25, 0.3) is 0 Å². The molecule has 86 valence electrons. The predicted octanol–water partition coefficient (Wildman–Crippen LogP) is 0.217. The number of carbonyl (C=O) groups excluding carboxylic acids is 2. The van der Waals surface area contributed by atoms with Gasteiger partial charge in [0.2, 0.25) is 11.8 Å². The second-order valence-corrected chi connectivity index (χ2v) is 3.79. The Kier molecular flexibility index (Phi) is 2.89. The van der Waals surface area contributed by atoms with Crippen LogP contribution in [0.1, 0.15) is 13.3 Å². The highest BCUT2D eigenvalue weighted by Crippen LogP contribution is 2.18. The van der Waals surface area contributed by atoms with Crippen molar-refractivity contribution in [2.24, 2.45) is 5.92 Å². The summed E-state index contributed by atoms with van der Waals surface area (Å²) in [6.45, 7) is 3.08. The second-order valence-electron chi connectivity index (χ2n) is 3.79. The quantitative estimate of drug-likeness (QED) is 0.767. The number of carbonyl (C=O) groups is 2. The molecule has 16 heavy (non-hydrogen) atoms. The first-order chi connectivity index (χ1) is 7.70. The lowest BCUT2D eigenvalue weighted by molar-refractivity contribution is -0.128. The van der Waals surface area contributed by atoms with Crippen LogP contribution in [0.3, 0.4) is 0 Å². The van der Waals surface area contributed by atoms with Gasteiger partial charge >= 0.3 is 0 Å². The van der Waals surface area contributed by atoms with Gasteiger partial charge in [0.1, 0.15) is 5.82 Å². The van der Waals surface area contributed by atoms with Gasteiger partial charge in [0, 0.05) is 25.6 Å².